The van der Waals surface area contributed by atoms with Crippen LogP contribution in [-0.2, 0) is 13.6 Å². The van der Waals surface area contributed by atoms with Gasteiger partial charge in [-0.3, -0.25) is 9.69 Å². The number of amides is 1. The van der Waals surface area contributed by atoms with Crippen LogP contribution in [0.4, 0.5) is 0 Å². The first kappa shape index (κ1) is 16.5. The molecule has 0 aliphatic carbocycles. The zero-order chi connectivity index (χ0) is 18.1. The number of imidazole rings is 1. The average Bonchev–Trinajstić information content (AvgIpc) is 3.37. The van der Waals surface area contributed by atoms with Gasteiger partial charge >= 0.3 is 0 Å². The number of hydrogen-bond donors (Lipinski definition) is 1. The Morgan fingerprint density at radius 1 is 1.38 bits per heavy atom. The molecule has 3 aromatic heterocycles. The van der Waals surface area contributed by atoms with Gasteiger partial charge in [0.05, 0.1) is 30.3 Å². The molecule has 0 spiro atoms. The fourth-order valence-electron chi connectivity index (χ4n) is 3.36. The summed E-state index contributed by atoms with van der Waals surface area (Å²) in [6.07, 6.45) is 7.13. The van der Waals surface area contributed by atoms with E-state index in [4.69, 9.17) is 4.42 Å². The van der Waals surface area contributed by atoms with Crippen molar-refractivity contribution in [2.75, 3.05) is 13.1 Å². The lowest BCUT2D eigenvalue weighted by atomic mass is 10.1. The van der Waals surface area contributed by atoms with E-state index in [1.807, 2.05) is 35.6 Å². The smallest absolute Gasteiger partial charge is 0.287 e. The fraction of sp³-hybridized carbons (Fsp3) is 0.412. The van der Waals surface area contributed by atoms with Crippen molar-refractivity contribution in [3.63, 3.8) is 0 Å². The van der Waals surface area contributed by atoms with Gasteiger partial charge in [0, 0.05) is 39.1 Å². The van der Waals surface area contributed by atoms with Crippen LogP contribution < -0.4 is 5.32 Å². The van der Waals surface area contributed by atoms with Crippen LogP contribution in [0.5, 0.6) is 0 Å². The molecule has 4 rings (SSSR count). The SMILES string of the molecule is Cc1ccc(C(=O)N[C@@H]2CN(Cc3cncn3C)C[C@@H]2n2ccnn2)o1. The molecule has 26 heavy (non-hydrogen) atoms. The summed E-state index contributed by atoms with van der Waals surface area (Å²) >= 11 is 0. The summed E-state index contributed by atoms with van der Waals surface area (Å²) in [4.78, 5) is 19.0. The molecule has 0 aromatic carbocycles. The Hall–Kier alpha value is -2.94. The summed E-state index contributed by atoms with van der Waals surface area (Å²) in [6.45, 7) is 4.05. The van der Waals surface area contributed by atoms with E-state index in [0.717, 1.165) is 18.8 Å². The summed E-state index contributed by atoms with van der Waals surface area (Å²) in [5, 5.41) is 11.1. The van der Waals surface area contributed by atoms with E-state index in [-0.39, 0.29) is 18.0 Å². The maximum Gasteiger partial charge on any atom is 0.287 e. The first-order valence-corrected chi connectivity index (χ1v) is 8.51. The van der Waals surface area contributed by atoms with Crippen molar-refractivity contribution in [3.05, 3.63) is 54.3 Å². The number of nitrogens with one attached hydrogen (secondary N) is 1. The predicted octanol–water partition coefficient (Wildman–Crippen LogP) is 0.769. The number of nitrogens with zero attached hydrogens (tertiary/aromatic N) is 6. The van der Waals surface area contributed by atoms with E-state index >= 15 is 0 Å². The second kappa shape index (κ2) is 6.75. The van der Waals surface area contributed by atoms with Crippen molar-refractivity contribution in [2.24, 2.45) is 7.05 Å². The molecule has 136 valence electrons. The molecule has 1 fully saturated rings. The van der Waals surface area contributed by atoms with Gasteiger partial charge in [-0.05, 0) is 19.1 Å². The van der Waals surface area contributed by atoms with Crippen LogP contribution in [0.25, 0.3) is 0 Å². The molecule has 1 aliphatic rings. The van der Waals surface area contributed by atoms with Crippen molar-refractivity contribution < 1.29 is 9.21 Å². The van der Waals surface area contributed by atoms with Crippen molar-refractivity contribution in [1.82, 2.24) is 34.8 Å². The first-order valence-electron chi connectivity index (χ1n) is 8.51. The Bertz CT molecular complexity index is 883. The molecule has 0 radical (unpaired) electrons. The molecule has 4 heterocycles. The first-order chi connectivity index (χ1) is 12.6. The molecular weight excluding hydrogens is 334 g/mol. The summed E-state index contributed by atoms with van der Waals surface area (Å²) in [7, 11) is 1.98. The van der Waals surface area contributed by atoms with Crippen LogP contribution in [-0.4, -0.2) is 54.5 Å². The van der Waals surface area contributed by atoms with Gasteiger partial charge < -0.3 is 14.3 Å². The van der Waals surface area contributed by atoms with E-state index in [2.05, 4.69) is 25.5 Å². The maximum atomic E-state index is 12.5. The van der Waals surface area contributed by atoms with E-state index in [1.165, 1.54) is 0 Å². The number of aryl methyl sites for hydroxylation is 2. The maximum absolute atomic E-state index is 12.5. The van der Waals surface area contributed by atoms with Gasteiger partial charge in [-0.2, -0.15) is 0 Å². The number of furan rings is 1. The van der Waals surface area contributed by atoms with Crippen LogP contribution in [0.3, 0.4) is 0 Å². The van der Waals surface area contributed by atoms with Crippen molar-refractivity contribution in [3.8, 4) is 0 Å². The Kier molecular flexibility index (Phi) is 4.29. The third-order valence-corrected chi connectivity index (χ3v) is 4.73. The Morgan fingerprint density at radius 2 is 2.27 bits per heavy atom. The number of likely N-dealkylation sites (tertiary alicyclic amines) is 1. The average molecular weight is 355 g/mol. The number of carbonyl (C=O) groups excluding carboxylic acids is 1. The van der Waals surface area contributed by atoms with Gasteiger partial charge in [0.15, 0.2) is 5.76 Å². The lowest BCUT2D eigenvalue weighted by Crippen LogP contribution is -2.41. The lowest BCUT2D eigenvalue weighted by molar-refractivity contribution is 0.0900. The van der Waals surface area contributed by atoms with Crippen molar-refractivity contribution in [1.29, 1.82) is 0 Å². The van der Waals surface area contributed by atoms with Crippen LogP contribution in [0.2, 0.25) is 0 Å². The van der Waals surface area contributed by atoms with Crippen LogP contribution >= 0.6 is 0 Å². The van der Waals surface area contributed by atoms with Gasteiger partial charge in [-0.15, -0.1) is 5.10 Å². The summed E-state index contributed by atoms with van der Waals surface area (Å²) < 4.78 is 9.25. The van der Waals surface area contributed by atoms with Gasteiger partial charge in [0.1, 0.15) is 5.76 Å². The molecule has 2 atom stereocenters. The van der Waals surface area contributed by atoms with Crippen LogP contribution in [0, 0.1) is 6.92 Å². The van der Waals surface area contributed by atoms with Crippen molar-refractivity contribution in [2.45, 2.75) is 25.6 Å². The molecule has 0 bridgehead atoms. The quantitative estimate of drug-likeness (QED) is 0.726. The zero-order valence-electron chi connectivity index (χ0n) is 14.7. The molecule has 1 aliphatic heterocycles. The van der Waals surface area contributed by atoms with Gasteiger partial charge in [0.2, 0.25) is 0 Å². The fourth-order valence-corrected chi connectivity index (χ4v) is 3.36. The molecule has 3 aromatic rings. The second-order valence-electron chi connectivity index (χ2n) is 6.63. The number of aromatic nitrogens is 5. The number of carbonyl (C=O) groups is 1. The minimum absolute atomic E-state index is 0.00531. The highest BCUT2D eigenvalue weighted by Gasteiger charge is 2.36. The van der Waals surface area contributed by atoms with Gasteiger partial charge in [-0.25, -0.2) is 9.67 Å². The molecule has 0 saturated carbocycles. The van der Waals surface area contributed by atoms with E-state index in [1.54, 1.807) is 24.7 Å². The van der Waals surface area contributed by atoms with Crippen LogP contribution in [0.15, 0.2) is 41.5 Å². The van der Waals surface area contributed by atoms with Crippen molar-refractivity contribution >= 4 is 5.91 Å². The Morgan fingerprint density at radius 3 is 2.92 bits per heavy atom. The Labute approximate surface area is 150 Å². The second-order valence-corrected chi connectivity index (χ2v) is 6.63. The minimum Gasteiger partial charge on any atom is -0.456 e. The normalized spacial score (nSPS) is 20.5. The third kappa shape index (κ3) is 3.25. The third-order valence-electron chi connectivity index (χ3n) is 4.73. The lowest BCUT2D eigenvalue weighted by Gasteiger charge is -2.19. The largest absolute Gasteiger partial charge is 0.456 e. The summed E-state index contributed by atoms with van der Waals surface area (Å²) in [5.41, 5.74) is 1.12. The standard InChI is InChI=1S/C17H21N7O2/c1-12-3-4-16(26-12)17(25)20-14-9-23(8-13-7-18-11-22(13)2)10-15(14)24-6-5-19-21-24/h3-7,11,14-15H,8-10H2,1-2H3,(H,20,25)/t14-,15+/m1/s1. The summed E-state index contributed by atoms with van der Waals surface area (Å²) in [6, 6.07) is 3.39. The summed E-state index contributed by atoms with van der Waals surface area (Å²) in [5.74, 6) is 0.827. The molecule has 9 nitrogen and oxygen atoms in total. The van der Waals surface area contributed by atoms with Gasteiger partial charge in [-0.1, -0.05) is 5.21 Å². The highest BCUT2D eigenvalue weighted by molar-refractivity contribution is 5.91. The van der Waals surface area contributed by atoms with E-state index in [9.17, 15) is 4.79 Å². The highest BCUT2D eigenvalue weighted by atomic mass is 16.3. The van der Waals surface area contributed by atoms with E-state index < -0.39 is 0 Å². The molecule has 1 amide bonds. The zero-order valence-corrected chi connectivity index (χ0v) is 14.7. The molecule has 9 heteroatoms. The minimum atomic E-state index is -0.212. The molecular formula is C17H21N7O2. The molecule has 1 saturated heterocycles. The number of rotatable bonds is 5. The monoisotopic (exact) mass is 355 g/mol. The highest BCUT2D eigenvalue weighted by Crippen LogP contribution is 2.23. The van der Waals surface area contributed by atoms with E-state index in [0.29, 0.717) is 18.1 Å². The van der Waals surface area contributed by atoms with Crippen LogP contribution in [0.1, 0.15) is 28.1 Å². The molecule has 1 N–H and O–H groups in total. The topological polar surface area (TPSA) is 94.0 Å². The number of hydrogen-bond acceptors (Lipinski definition) is 6. The molecule has 0 unspecified atom stereocenters. The Balaban J connectivity index is 1.50. The predicted molar refractivity (Wildman–Crippen MR) is 92.2 cm³/mol. The van der Waals surface area contributed by atoms with Gasteiger partial charge in [0.25, 0.3) is 5.91 Å².